The molecule has 3 aromatic rings. The van der Waals surface area contributed by atoms with Gasteiger partial charge in [-0.2, -0.15) is 12.6 Å². The van der Waals surface area contributed by atoms with Crippen LogP contribution in [-0.2, 0) is 27.3 Å². The molecule has 2 amide bonds. The molecule has 0 fully saturated rings. The standard InChI is InChI=1S/C31H36N2O5S/c1-2-3-10-19-33(28(34)21-32-30(35)27(39)20-23-11-6-4-7-12-23)22-24-15-17-26(18-16-24)38-29(31(36)37)25-13-8-5-9-14-25/h4-9,11-18,27,29,39H,2-3,10,19-22H2,1H3,(H,32,35)(H,36,37)/t27-,29?/m0/s1. The second-order valence-corrected chi connectivity index (χ2v) is 9.96. The molecule has 3 rings (SSSR count). The first kappa shape index (κ1) is 29.8. The maximum absolute atomic E-state index is 13.1. The van der Waals surface area contributed by atoms with E-state index in [2.05, 4.69) is 24.9 Å². The van der Waals surface area contributed by atoms with Gasteiger partial charge in [-0.3, -0.25) is 9.59 Å². The van der Waals surface area contributed by atoms with Crippen molar-refractivity contribution in [3.05, 3.63) is 102 Å². The average molecular weight is 549 g/mol. The second-order valence-electron chi connectivity index (χ2n) is 9.34. The van der Waals surface area contributed by atoms with E-state index in [0.29, 0.717) is 30.8 Å². The van der Waals surface area contributed by atoms with Gasteiger partial charge in [0.15, 0.2) is 0 Å². The maximum Gasteiger partial charge on any atom is 0.349 e. The van der Waals surface area contributed by atoms with Crippen LogP contribution in [0.25, 0.3) is 0 Å². The van der Waals surface area contributed by atoms with E-state index >= 15 is 0 Å². The Labute approximate surface area is 235 Å². The minimum absolute atomic E-state index is 0.102. The Morgan fingerprint density at radius 2 is 1.54 bits per heavy atom. The number of ether oxygens (including phenoxy) is 1. The van der Waals surface area contributed by atoms with Gasteiger partial charge in [0.2, 0.25) is 17.9 Å². The van der Waals surface area contributed by atoms with Gasteiger partial charge < -0.3 is 20.1 Å². The molecule has 3 aromatic carbocycles. The zero-order valence-electron chi connectivity index (χ0n) is 22.2. The van der Waals surface area contributed by atoms with E-state index in [-0.39, 0.29) is 18.4 Å². The SMILES string of the molecule is CCCCCN(Cc1ccc(OC(C(=O)O)c2ccccc2)cc1)C(=O)CNC(=O)[C@@H](S)Cc1ccccc1. The molecular weight excluding hydrogens is 512 g/mol. The summed E-state index contributed by atoms with van der Waals surface area (Å²) in [6.45, 7) is 2.94. The first-order chi connectivity index (χ1) is 18.9. The summed E-state index contributed by atoms with van der Waals surface area (Å²) in [7, 11) is 0. The van der Waals surface area contributed by atoms with Gasteiger partial charge in [0.05, 0.1) is 11.8 Å². The smallest absolute Gasteiger partial charge is 0.349 e. The first-order valence-electron chi connectivity index (χ1n) is 13.2. The quantitative estimate of drug-likeness (QED) is 0.182. The fourth-order valence-corrected chi connectivity index (χ4v) is 4.39. The Morgan fingerprint density at radius 1 is 0.897 bits per heavy atom. The van der Waals surface area contributed by atoms with E-state index in [1.807, 2.05) is 48.5 Å². The van der Waals surface area contributed by atoms with Crippen molar-refractivity contribution in [2.24, 2.45) is 0 Å². The molecule has 206 valence electrons. The van der Waals surface area contributed by atoms with Gasteiger partial charge in [0.1, 0.15) is 5.75 Å². The lowest BCUT2D eigenvalue weighted by molar-refractivity contribution is -0.145. The predicted octanol–water partition coefficient (Wildman–Crippen LogP) is 5.07. The Kier molecular flexibility index (Phi) is 11.9. The number of rotatable bonds is 15. The molecule has 2 atom stereocenters. The highest BCUT2D eigenvalue weighted by molar-refractivity contribution is 7.81. The molecule has 0 aliphatic heterocycles. The Hall–Kier alpha value is -3.78. The fraction of sp³-hybridized carbons (Fsp3) is 0.323. The largest absolute Gasteiger partial charge is 0.478 e. The molecule has 0 aliphatic carbocycles. The van der Waals surface area contributed by atoms with Crippen LogP contribution in [-0.4, -0.2) is 46.1 Å². The number of carbonyl (C=O) groups excluding carboxylic acids is 2. The summed E-state index contributed by atoms with van der Waals surface area (Å²) < 4.78 is 5.74. The summed E-state index contributed by atoms with van der Waals surface area (Å²) in [5.74, 6) is -1.11. The average Bonchev–Trinajstić information content (AvgIpc) is 2.95. The van der Waals surface area contributed by atoms with Crippen LogP contribution < -0.4 is 10.1 Å². The van der Waals surface area contributed by atoms with Crippen molar-refractivity contribution in [2.45, 2.75) is 50.5 Å². The first-order valence-corrected chi connectivity index (χ1v) is 13.7. The molecule has 8 heteroatoms. The summed E-state index contributed by atoms with van der Waals surface area (Å²) in [6.07, 6.45) is 2.24. The van der Waals surface area contributed by atoms with Gasteiger partial charge in [-0.05, 0) is 36.1 Å². The third-order valence-corrected chi connectivity index (χ3v) is 6.67. The van der Waals surface area contributed by atoms with Crippen molar-refractivity contribution < 1.29 is 24.2 Å². The van der Waals surface area contributed by atoms with Gasteiger partial charge >= 0.3 is 5.97 Å². The number of nitrogens with one attached hydrogen (secondary N) is 1. The summed E-state index contributed by atoms with van der Waals surface area (Å²) in [6, 6.07) is 25.5. The molecule has 0 aliphatic rings. The number of hydrogen-bond acceptors (Lipinski definition) is 5. The number of hydrogen-bond donors (Lipinski definition) is 3. The minimum atomic E-state index is -1.12. The third-order valence-electron chi connectivity index (χ3n) is 6.25. The second kappa shape index (κ2) is 15.6. The van der Waals surface area contributed by atoms with Crippen LogP contribution in [0.5, 0.6) is 5.75 Å². The number of aliphatic carboxylic acids is 1. The summed E-state index contributed by atoms with van der Waals surface area (Å²) >= 11 is 4.42. The van der Waals surface area contributed by atoms with Gasteiger partial charge in [0, 0.05) is 18.7 Å². The van der Waals surface area contributed by atoms with Crippen molar-refractivity contribution in [3.8, 4) is 5.75 Å². The van der Waals surface area contributed by atoms with E-state index in [4.69, 9.17) is 4.74 Å². The maximum atomic E-state index is 13.1. The van der Waals surface area contributed by atoms with E-state index in [9.17, 15) is 19.5 Å². The highest BCUT2D eigenvalue weighted by Crippen LogP contribution is 2.23. The normalized spacial score (nSPS) is 12.3. The minimum Gasteiger partial charge on any atom is -0.478 e. The molecule has 0 heterocycles. The van der Waals surface area contributed by atoms with Crippen LogP contribution in [0.3, 0.4) is 0 Å². The highest BCUT2D eigenvalue weighted by atomic mass is 32.1. The molecular formula is C31H36N2O5S. The van der Waals surface area contributed by atoms with Crippen LogP contribution in [0.4, 0.5) is 0 Å². The van der Waals surface area contributed by atoms with E-state index in [0.717, 1.165) is 30.4 Å². The number of benzene rings is 3. The molecule has 7 nitrogen and oxygen atoms in total. The number of unbranched alkanes of at least 4 members (excludes halogenated alkanes) is 2. The Morgan fingerprint density at radius 3 is 2.15 bits per heavy atom. The van der Waals surface area contributed by atoms with Crippen molar-refractivity contribution in [2.75, 3.05) is 13.1 Å². The molecule has 0 bridgehead atoms. The van der Waals surface area contributed by atoms with Crippen molar-refractivity contribution in [1.29, 1.82) is 0 Å². The molecule has 2 N–H and O–H groups in total. The lowest BCUT2D eigenvalue weighted by Crippen LogP contribution is -2.42. The predicted molar refractivity (Wildman–Crippen MR) is 155 cm³/mol. The molecule has 1 unspecified atom stereocenters. The van der Waals surface area contributed by atoms with Gasteiger partial charge in [-0.25, -0.2) is 4.79 Å². The summed E-state index contributed by atoms with van der Waals surface area (Å²) in [5, 5.41) is 11.8. The van der Waals surface area contributed by atoms with E-state index in [1.54, 1.807) is 41.3 Å². The van der Waals surface area contributed by atoms with E-state index < -0.39 is 17.3 Å². The Balaban J connectivity index is 1.59. The number of carboxylic acids is 1. The number of amides is 2. The number of carbonyl (C=O) groups is 3. The van der Waals surface area contributed by atoms with Crippen LogP contribution in [0.1, 0.15) is 49.0 Å². The monoisotopic (exact) mass is 548 g/mol. The van der Waals surface area contributed by atoms with Crippen LogP contribution in [0.15, 0.2) is 84.9 Å². The zero-order chi connectivity index (χ0) is 28.0. The van der Waals surface area contributed by atoms with Crippen LogP contribution in [0, 0.1) is 0 Å². The molecule has 0 saturated heterocycles. The molecule has 0 radical (unpaired) electrons. The molecule has 0 aromatic heterocycles. The van der Waals surface area contributed by atoms with Crippen LogP contribution >= 0.6 is 12.6 Å². The van der Waals surface area contributed by atoms with Crippen molar-refractivity contribution in [1.82, 2.24) is 10.2 Å². The van der Waals surface area contributed by atoms with Gasteiger partial charge in [-0.1, -0.05) is 92.6 Å². The number of nitrogens with zero attached hydrogens (tertiary/aromatic N) is 1. The lowest BCUT2D eigenvalue weighted by Gasteiger charge is -2.24. The molecule has 0 saturated carbocycles. The molecule has 39 heavy (non-hydrogen) atoms. The highest BCUT2D eigenvalue weighted by Gasteiger charge is 2.22. The number of thiol groups is 1. The van der Waals surface area contributed by atoms with Crippen LogP contribution in [0.2, 0.25) is 0 Å². The summed E-state index contributed by atoms with van der Waals surface area (Å²) in [4.78, 5) is 39.1. The van der Waals surface area contributed by atoms with Crippen molar-refractivity contribution >= 4 is 30.4 Å². The number of carboxylic acid groups (broad SMARTS) is 1. The fourth-order valence-electron chi connectivity index (χ4n) is 4.09. The molecule has 0 spiro atoms. The zero-order valence-corrected chi connectivity index (χ0v) is 23.1. The topological polar surface area (TPSA) is 95.9 Å². The Bertz CT molecular complexity index is 1190. The van der Waals surface area contributed by atoms with E-state index in [1.165, 1.54) is 0 Å². The summed E-state index contributed by atoms with van der Waals surface area (Å²) in [5.41, 5.74) is 2.43. The third kappa shape index (κ3) is 9.80. The van der Waals surface area contributed by atoms with Crippen molar-refractivity contribution in [3.63, 3.8) is 0 Å². The van der Waals surface area contributed by atoms with Gasteiger partial charge in [0.25, 0.3) is 0 Å². The lowest BCUT2D eigenvalue weighted by atomic mass is 10.1. The van der Waals surface area contributed by atoms with Gasteiger partial charge in [-0.15, -0.1) is 0 Å².